The maximum Gasteiger partial charge on any atom is 0.176 e. The van der Waals surface area contributed by atoms with Crippen molar-refractivity contribution in [2.45, 2.75) is 26.7 Å². The first-order chi connectivity index (χ1) is 10.0. The zero-order valence-corrected chi connectivity index (χ0v) is 13.1. The van der Waals surface area contributed by atoms with E-state index in [1.807, 2.05) is 0 Å². The molecule has 3 nitrogen and oxygen atoms in total. The van der Waals surface area contributed by atoms with Crippen molar-refractivity contribution >= 4 is 5.78 Å². The van der Waals surface area contributed by atoms with E-state index in [0.29, 0.717) is 18.0 Å². The summed E-state index contributed by atoms with van der Waals surface area (Å²) in [6, 6.07) is 4.40. The van der Waals surface area contributed by atoms with E-state index in [9.17, 15) is 9.18 Å². The molecule has 21 heavy (non-hydrogen) atoms. The van der Waals surface area contributed by atoms with Gasteiger partial charge < -0.3 is 4.74 Å². The predicted octanol–water partition coefficient (Wildman–Crippen LogP) is 3.39. The molecule has 0 N–H and O–H groups in total. The van der Waals surface area contributed by atoms with E-state index in [-0.39, 0.29) is 11.5 Å². The molecular weight excluding hydrogens is 269 g/mol. The number of hydrogen-bond donors (Lipinski definition) is 0. The molecule has 1 aromatic rings. The number of likely N-dealkylation sites (tertiary alicyclic amines) is 1. The van der Waals surface area contributed by atoms with Gasteiger partial charge in [-0.2, -0.15) is 0 Å². The number of rotatable bonds is 5. The number of carbonyl (C=O) groups excluding carboxylic acids is 1. The van der Waals surface area contributed by atoms with Crippen LogP contribution in [0.4, 0.5) is 4.39 Å². The van der Waals surface area contributed by atoms with E-state index in [1.165, 1.54) is 19.2 Å². The normalized spacial score (nSPS) is 17.2. The van der Waals surface area contributed by atoms with Crippen LogP contribution < -0.4 is 4.74 Å². The summed E-state index contributed by atoms with van der Waals surface area (Å²) in [7, 11) is 1.42. The van der Waals surface area contributed by atoms with Crippen LogP contribution >= 0.6 is 0 Å². The Hall–Kier alpha value is -1.42. The second-order valence-corrected chi connectivity index (χ2v) is 6.13. The lowest BCUT2D eigenvalue weighted by atomic mass is 9.86. The highest BCUT2D eigenvalue weighted by Crippen LogP contribution is 2.24. The third-order valence-corrected chi connectivity index (χ3v) is 4.42. The first-order valence-electron chi connectivity index (χ1n) is 7.60. The summed E-state index contributed by atoms with van der Waals surface area (Å²) in [4.78, 5) is 14.4. The topological polar surface area (TPSA) is 29.5 Å². The maximum atomic E-state index is 13.6. The number of benzene rings is 1. The Kier molecular flexibility index (Phi) is 5.34. The lowest BCUT2D eigenvalue weighted by Crippen LogP contribution is -2.38. The molecule has 0 saturated carbocycles. The van der Waals surface area contributed by atoms with Crippen molar-refractivity contribution in [1.29, 1.82) is 0 Å². The van der Waals surface area contributed by atoms with Crippen molar-refractivity contribution in [2.75, 3.05) is 26.7 Å². The van der Waals surface area contributed by atoms with Gasteiger partial charge in [0.05, 0.1) is 13.7 Å². The molecule has 1 aliphatic heterocycles. The van der Waals surface area contributed by atoms with Crippen LogP contribution in [0, 0.1) is 17.7 Å². The Morgan fingerprint density at radius 1 is 1.38 bits per heavy atom. The molecule has 4 heteroatoms. The number of halogens is 1. The van der Waals surface area contributed by atoms with Crippen molar-refractivity contribution in [2.24, 2.45) is 11.8 Å². The zero-order chi connectivity index (χ0) is 15.4. The van der Waals surface area contributed by atoms with E-state index >= 15 is 0 Å². The third-order valence-electron chi connectivity index (χ3n) is 4.42. The molecule has 0 unspecified atom stereocenters. The van der Waals surface area contributed by atoms with Gasteiger partial charge in [0.1, 0.15) is 0 Å². The molecule has 0 amide bonds. The Balaban J connectivity index is 1.92. The van der Waals surface area contributed by atoms with Gasteiger partial charge in [0, 0.05) is 5.56 Å². The highest BCUT2D eigenvalue weighted by atomic mass is 19.1. The molecule has 1 aromatic carbocycles. The third kappa shape index (κ3) is 4.03. The van der Waals surface area contributed by atoms with Crippen molar-refractivity contribution in [1.82, 2.24) is 4.90 Å². The summed E-state index contributed by atoms with van der Waals surface area (Å²) >= 11 is 0. The van der Waals surface area contributed by atoms with Crippen LogP contribution in [0.15, 0.2) is 18.2 Å². The van der Waals surface area contributed by atoms with Crippen molar-refractivity contribution < 1.29 is 13.9 Å². The Morgan fingerprint density at radius 2 is 2.05 bits per heavy atom. The standard InChI is InChI=1S/C17H24FNO2/c1-12(2)13-6-8-19(9-7-13)11-16(20)14-4-5-17(21-3)15(18)10-14/h4-5,10,12-13H,6-9,11H2,1-3H3. The summed E-state index contributed by atoms with van der Waals surface area (Å²) in [6.45, 7) is 6.79. The van der Waals surface area contributed by atoms with E-state index in [0.717, 1.165) is 31.8 Å². The number of piperidine rings is 1. The number of ether oxygens (including phenoxy) is 1. The molecule has 0 aromatic heterocycles. The van der Waals surface area contributed by atoms with E-state index < -0.39 is 5.82 Å². The van der Waals surface area contributed by atoms with E-state index in [4.69, 9.17) is 4.74 Å². The van der Waals surface area contributed by atoms with Crippen molar-refractivity contribution in [3.8, 4) is 5.75 Å². The second kappa shape index (κ2) is 7.03. The minimum absolute atomic E-state index is 0.0282. The summed E-state index contributed by atoms with van der Waals surface area (Å²) in [5.41, 5.74) is 0.416. The fourth-order valence-electron chi connectivity index (χ4n) is 2.91. The van der Waals surface area contributed by atoms with Crippen molar-refractivity contribution in [3.05, 3.63) is 29.6 Å². The van der Waals surface area contributed by atoms with Gasteiger partial charge in [-0.3, -0.25) is 9.69 Å². The molecule has 0 radical (unpaired) electrons. The average molecular weight is 293 g/mol. The maximum absolute atomic E-state index is 13.6. The number of methoxy groups -OCH3 is 1. The van der Waals surface area contributed by atoms with Gasteiger partial charge in [-0.1, -0.05) is 13.8 Å². The van der Waals surface area contributed by atoms with E-state index in [1.54, 1.807) is 6.07 Å². The van der Waals surface area contributed by atoms with E-state index in [2.05, 4.69) is 18.7 Å². The van der Waals surface area contributed by atoms with Gasteiger partial charge in [0.2, 0.25) is 0 Å². The molecule has 1 fully saturated rings. The van der Waals surface area contributed by atoms with Crippen LogP contribution in [0.25, 0.3) is 0 Å². The van der Waals surface area contributed by atoms with Crippen LogP contribution in [0.2, 0.25) is 0 Å². The number of ketones is 1. The second-order valence-electron chi connectivity index (χ2n) is 6.13. The van der Waals surface area contributed by atoms with Crippen LogP contribution in [-0.4, -0.2) is 37.4 Å². The van der Waals surface area contributed by atoms with Gasteiger partial charge in [-0.15, -0.1) is 0 Å². The molecule has 0 bridgehead atoms. The molecule has 0 aliphatic carbocycles. The van der Waals surface area contributed by atoms with Gasteiger partial charge in [-0.25, -0.2) is 4.39 Å². The summed E-state index contributed by atoms with van der Waals surface area (Å²) in [5.74, 6) is 1.12. The first-order valence-corrected chi connectivity index (χ1v) is 7.60. The van der Waals surface area contributed by atoms with Crippen LogP contribution in [0.1, 0.15) is 37.0 Å². The van der Waals surface area contributed by atoms with Crippen LogP contribution in [0.5, 0.6) is 5.75 Å². The fourth-order valence-corrected chi connectivity index (χ4v) is 2.91. The molecule has 1 saturated heterocycles. The number of hydrogen-bond acceptors (Lipinski definition) is 3. The summed E-state index contributed by atoms with van der Waals surface area (Å²) in [5, 5.41) is 0. The first kappa shape index (κ1) is 16.0. The minimum Gasteiger partial charge on any atom is -0.494 e. The predicted molar refractivity (Wildman–Crippen MR) is 81.3 cm³/mol. The quantitative estimate of drug-likeness (QED) is 0.779. The highest BCUT2D eigenvalue weighted by molar-refractivity contribution is 5.97. The minimum atomic E-state index is -0.484. The van der Waals surface area contributed by atoms with Crippen LogP contribution in [0.3, 0.4) is 0 Å². The highest BCUT2D eigenvalue weighted by Gasteiger charge is 2.23. The molecule has 1 heterocycles. The molecule has 116 valence electrons. The molecule has 0 atom stereocenters. The van der Waals surface area contributed by atoms with Gasteiger partial charge in [0.25, 0.3) is 0 Å². The summed E-state index contributed by atoms with van der Waals surface area (Å²) < 4.78 is 18.5. The lowest BCUT2D eigenvalue weighted by Gasteiger charge is -2.33. The largest absolute Gasteiger partial charge is 0.494 e. The molecule has 2 rings (SSSR count). The molecular formula is C17H24FNO2. The smallest absolute Gasteiger partial charge is 0.176 e. The molecule has 0 spiro atoms. The number of nitrogens with zero attached hydrogens (tertiary/aromatic N) is 1. The average Bonchev–Trinajstić information content (AvgIpc) is 2.47. The number of Topliss-reactive ketones (excluding diaryl/α,β-unsaturated/α-hetero) is 1. The Bertz CT molecular complexity index is 494. The monoisotopic (exact) mass is 293 g/mol. The van der Waals surface area contributed by atoms with Gasteiger partial charge in [0.15, 0.2) is 17.3 Å². The van der Waals surface area contributed by atoms with Gasteiger partial charge >= 0.3 is 0 Å². The van der Waals surface area contributed by atoms with Gasteiger partial charge in [-0.05, 0) is 56.0 Å². The lowest BCUT2D eigenvalue weighted by molar-refractivity contribution is 0.0879. The fraction of sp³-hybridized carbons (Fsp3) is 0.588. The summed E-state index contributed by atoms with van der Waals surface area (Å²) in [6.07, 6.45) is 2.28. The number of carbonyl (C=O) groups is 1. The SMILES string of the molecule is COc1ccc(C(=O)CN2CCC(C(C)C)CC2)cc1F. The van der Waals surface area contributed by atoms with Crippen LogP contribution in [-0.2, 0) is 0 Å². The Morgan fingerprint density at radius 3 is 2.57 bits per heavy atom. The Labute approximate surface area is 126 Å². The van der Waals surface area contributed by atoms with Crippen molar-refractivity contribution in [3.63, 3.8) is 0 Å². The molecule has 1 aliphatic rings. The zero-order valence-electron chi connectivity index (χ0n) is 13.1.